The summed E-state index contributed by atoms with van der Waals surface area (Å²) in [5.74, 6) is 1.59. The van der Waals surface area contributed by atoms with Crippen LogP contribution in [-0.4, -0.2) is 6.10 Å². The molecule has 2 unspecified atom stereocenters. The fourth-order valence-electron chi connectivity index (χ4n) is 3.27. The molecule has 1 fully saturated rings. The van der Waals surface area contributed by atoms with E-state index in [-0.39, 0.29) is 0 Å². The van der Waals surface area contributed by atoms with Gasteiger partial charge in [-0.2, -0.15) is 0 Å². The van der Waals surface area contributed by atoms with Gasteiger partial charge in [-0.25, -0.2) is 0 Å². The van der Waals surface area contributed by atoms with Crippen LogP contribution in [0.3, 0.4) is 0 Å². The van der Waals surface area contributed by atoms with Crippen LogP contribution in [0.25, 0.3) is 0 Å². The molecule has 3 heteroatoms. The van der Waals surface area contributed by atoms with Crippen LogP contribution in [0.5, 0.6) is 0 Å². The molecule has 0 bridgehead atoms. The van der Waals surface area contributed by atoms with Gasteiger partial charge in [0.05, 0.1) is 25.5 Å². The molecule has 0 saturated heterocycles. The lowest BCUT2D eigenvalue weighted by Gasteiger charge is -2.38. The lowest BCUT2D eigenvalue weighted by molar-refractivity contribution is -0.0319. The van der Waals surface area contributed by atoms with Crippen molar-refractivity contribution in [3.05, 3.63) is 23.7 Å². The van der Waals surface area contributed by atoms with E-state index in [4.69, 9.17) is 14.9 Å². The minimum absolute atomic E-state index is 0.365. The molecule has 1 aliphatic carbocycles. The molecular weight excluding hydrogens is 226 g/mol. The van der Waals surface area contributed by atoms with Gasteiger partial charge < -0.3 is 14.9 Å². The lowest BCUT2D eigenvalue weighted by Crippen LogP contribution is -2.32. The Labute approximate surface area is 110 Å². The summed E-state index contributed by atoms with van der Waals surface area (Å²) in [6, 6.07) is 1.96. The van der Waals surface area contributed by atoms with Crippen molar-refractivity contribution in [1.29, 1.82) is 0 Å². The van der Waals surface area contributed by atoms with Crippen molar-refractivity contribution >= 4 is 0 Å². The van der Waals surface area contributed by atoms with E-state index in [0.29, 0.717) is 24.7 Å². The topological polar surface area (TPSA) is 48.4 Å². The first kappa shape index (κ1) is 13.6. The van der Waals surface area contributed by atoms with Crippen molar-refractivity contribution < 1.29 is 9.15 Å². The minimum Gasteiger partial charge on any atom is -0.468 e. The van der Waals surface area contributed by atoms with Crippen molar-refractivity contribution in [2.45, 2.75) is 59.3 Å². The summed E-state index contributed by atoms with van der Waals surface area (Å²) >= 11 is 0. The SMILES string of the molecule is CC1CC(OCc2ccoc2CN)CC(C)(C)C1. The second-order valence-corrected chi connectivity index (χ2v) is 6.42. The van der Waals surface area contributed by atoms with E-state index in [2.05, 4.69) is 20.8 Å². The van der Waals surface area contributed by atoms with Crippen LogP contribution in [0.1, 0.15) is 51.4 Å². The van der Waals surface area contributed by atoms with Crippen LogP contribution in [0.2, 0.25) is 0 Å². The standard InChI is InChI=1S/C15H25NO2/c1-11-6-13(8-15(2,3)7-11)18-10-12-4-5-17-14(12)9-16/h4-5,11,13H,6-10,16H2,1-3H3. The minimum atomic E-state index is 0.365. The molecule has 0 radical (unpaired) electrons. The Hall–Kier alpha value is -0.800. The van der Waals surface area contributed by atoms with Crippen LogP contribution in [0, 0.1) is 11.3 Å². The van der Waals surface area contributed by atoms with Gasteiger partial charge in [-0.3, -0.25) is 0 Å². The first-order valence-electron chi connectivity index (χ1n) is 6.87. The summed E-state index contributed by atoms with van der Waals surface area (Å²) in [6.45, 7) is 8.06. The fourth-order valence-corrected chi connectivity index (χ4v) is 3.27. The van der Waals surface area contributed by atoms with Crippen molar-refractivity contribution in [3.63, 3.8) is 0 Å². The van der Waals surface area contributed by atoms with Gasteiger partial charge in [0.25, 0.3) is 0 Å². The summed E-state index contributed by atoms with van der Waals surface area (Å²) in [5, 5.41) is 0. The first-order chi connectivity index (χ1) is 8.50. The quantitative estimate of drug-likeness (QED) is 0.891. The molecule has 2 atom stereocenters. The molecule has 1 saturated carbocycles. The fraction of sp³-hybridized carbons (Fsp3) is 0.733. The summed E-state index contributed by atoms with van der Waals surface area (Å²) in [6.07, 6.45) is 5.66. The smallest absolute Gasteiger partial charge is 0.122 e. The molecule has 2 rings (SSSR count). The Morgan fingerprint density at radius 3 is 2.89 bits per heavy atom. The number of nitrogens with two attached hydrogens (primary N) is 1. The highest BCUT2D eigenvalue weighted by Gasteiger charge is 2.32. The second kappa shape index (κ2) is 5.45. The Morgan fingerprint density at radius 2 is 2.22 bits per heavy atom. The predicted octanol–water partition coefficient (Wildman–Crippen LogP) is 3.47. The van der Waals surface area contributed by atoms with E-state index in [0.717, 1.165) is 23.7 Å². The number of hydrogen-bond donors (Lipinski definition) is 1. The Kier molecular flexibility index (Phi) is 4.13. The Bertz CT molecular complexity index is 384. The largest absolute Gasteiger partial charge is 0.468 e. The Morgan fingerprint density at radius 1 is 1.44 bits per heavy atom. The molecule has 1 aromatic heterocycles. The molecule has 0 aliphatic heterocycles. The van der Waals surface area contributed by atoms with Gasteiger partial charge in [0.15, 0.2) is 0 Å². The van der Waals surface area contributed by atoms with E-state index >= 15 is 0 Å². The van der Waals surface area contributed by atoms with Gasteiger partial charge in [-0.1, -0.05) is 20.8 Å². The van der Waals surface area contributed by atoms with Crippen molar-refractivity contribution in [1.82, 2.24) is 0 Å². The number of rotatable bonds is 4. The van der Waals surface area contributed by atoms with Gasteiger partial charge in [0, 0.05) is 5.56 Å². The molecular formula is C15H25NO2. The summed E-state index contributed by atoms with van der Waals surface area (Å²) in [5.41, 5.74) is 7.11. The van der Waals surface area contributed by atoms with Crippen LogP contribution < -0.4 is 5.73 Å². The van der Waals surface area contributed by atoms with Gasteiger partial charge in [0.1, 0.15) is 5.76 Å². The highest BCUT2D eigenvalue weighted by atomic mass is 16.5. The zero-order chi connectivity index (χ0) is 13.2. The predicted molar refractivity (Wildman–Crippen MR) is 72.0 cm³/mol. The first-order valence-corrected chi connectivity index (χ1v) is 6.87. The molecule has 102 valence electrons. The Balaban J connectivity index is 1.90. The monoisotopic (exact) mass is 251 g/mol. The third kappa shape index (κ3) is 3.36. The van der Waals surface area contributed by atoms with E-state index in [1.807, 2.05) is 6.07 Å². The molecule has 1 aromatic rings. The van der Waals surface area contributed by atoms with Gasteiger partial charge in [-0.15, -0.1) is 0 Å². The highest BCUT2D eigenvalue weighted by Crippen LogP contribution is 2.39. The average molecular weight is 251 g/mol. The second-order valence-electron chi connectivity index (χ2n) is 6.42. The molecule has 1 heterocycles. The summed E-state index contributed by atoms with van der Waals surface area (Å²) in [4.78, 5) is 0. The number of ether oxygens (including phenoxy) is 1. The maximum absolute atomic E-state index is 6.06. The van der Waals surface area contributed by atoms with Crippen molar-refractivity contribution in [2.24, 2.45) is 17.1 Å². The van der Waals surface area contributed by atoms with Gasteiger partial charge >= 0.3 is 0 Å². The molecule has 2 N–H and O–H groups in total. The van der Waals surface area contributed by atoms with Crippen LogP contribution >= 0.6 is 0 Å². The third-order valence-corrected chi connectivity index (χ3v) is 3.84. The van der Waals surface area contributed by atoms with E-state index in [1.54, 1.807) is 6.26 Å². The average Bonchev–Trinajstić information content (AvgIpc) is 2.70. The molecule has 3 nitrogen and oxygen atoms in total. The zero-order valence-electron chi connectivity index (χ0n) is 11.7. The molecule has 18 heavy (non-hydrogen) atoms. The van der Waals surface area contributed by atoms with Crippen molar-refractivity contribution in [3.8, 4) is 0 Å². The zero-order valence-corrected chi connectivity index (χ0v) is 11.7. The van der Waals surface area contributed by atoms with E-state index in [1.165, 1.54) is 12.8 Å². The van der Waals surface area contributed by atoms with Gasteiger partial charge in [0.2, 0.25) is 0 Å². The van der Waals surface area contributed by atoms with Crippen molar-refractivity contribution in [2.75, 3.05) is 0 Å². The third-order valence-electron chi connectivity index (χ3n) is 3.84. The van der Waals surface area contributed by atoms with E-state index in [9.17, 15) is 0 Å². The molecule has 0 amide bonds. The maximum atomic E-state index is 6.06. The van der Waals surface area contributed by atoms with Crippen LogP contribution in [0.4, 0.5) is 0 Å². The lowest BCUT2D eigenvalue weighted by atomic mass is 9.71. The van der Waals surface area contributed by atoms with Gasteiger partial charge in [-0.05, 0) is 36.7 Å². The summed E-state index contributed by atoms with van der Waals surface area (Å²) in [7, 11) is 0. The normalized spacial score (nSPS) is 27.3. The highest BCUT2D eigenvalue weighted by molar-refractivity contribution is 5.15. The number of hydrogen-bond acceptors (Lipinski definition) is 3. The maximum Gasteiger partial charge on any atom is 0.122 e. The summed E-state index contributed by atoms with van der Waals surface area (Å²) < 4.78 is 11.4. The van der Waals surface area contributed by atoms with Crippen LogP contribution in [0.15, 0.2) is 16.7 Å². The molecule has 0 aromatic carbocycles. The molecule has 0 spiro atoms. The van der Waals surface area contributed by atoms with E-state index < -0.39 is 0 Å². The molecule has 1 aliphatic rings. The van der Waals surface area contributed by atoms with Crippen LogP contribution in [-0.2, 0) is 17.9 Å². The number of furan rings is 1.